The lowest BCUT2D eigenvalue weighted by molar-refractivity contribution is -0.151. The summed E-state index contributed by atoms with van der Waals surface area (Å²) in [5.74, 6) is -1.48. The van der Waals surface area contributed by atoms with E-state index < -0.39 is 12.0 Å². The molecule has 13 heteroatoms. The molecule has 12 nitrogen and oxygen atoms in total. The summed E-state index contributed by atoms with van der Waals surface area (Å²) < 4.78 is 8.17. The summed E-state index contributed by atoms with van der Waals surface area (Å²) in [5, 5.41) is 27.6. The third-order valence-electron chi connectivity index (χ3n) is 9.55. The number of hydrogen-bond donors (Lipinski definition) is 3. The number of halogens is 1. The Bertz CT molecular complexity index is 1570. The number of nitrogens with zero attached hydrogens (tertiary/aromatic N) is 5. The van der Waals surface area contributed by atoms with Crippen molar-refractivity contribution < 1.29 is 24.2 Å². The molecule has 1 aliphatic carbocycles. The number of rotatable bonds is 9. The first-order valence-corrected chi connectivity index (χ1v) is 16.8. The fourth-order valence-corrected chi connectivity index (χ4v) is 7.44. The number of tetrazole rings is 1. The van der Waals surface area contributed by atoms with Crippen LogP contribution in [0.5, 0.6) is 0 Å². The number of likely N-dealkylation sites (tertiary alicyclic amines) is 1. The van der Waals surface area contributed by atoms with E-state index in [2.05, 4.69) is 26.2 Å². The number of aromatic nitrogens is 4. The van der Waals surface area contributed by atoms with E-state index in [0.717, 1.165) is 51.6 Å². The number of carbonyl (C=O) groups excluding carboxylic acids is 2. The van der Waals surface area contributed by atoms with Crippen LogP contribution in [0.3, 0.4) is 0 Å². The van der Waals surface area contributed by atoms with E-state index in [1.807, 2.05) is 0 Å². The van der Waals surface area contributed by atoms with Gasteiger partial charge in [-0.05, 0) is 103 Å². The van der Waals surface area contributed by atoms with Crippen LogP contribution in [0, 0.1) is 11.8 Å². The summed E-state index contributed by atoms with van der Waals surface area (Å²) in [6.07, 6.45) is 12.4. The number of anilines is 1. The molecule has 6 rings (SSSR count). The highest BCUT2D eigenvalue weighted by molar-refractivity contribution is 6.30. The van der Waals surface area contributed by atoms with Crippen LogP contribution < -0.4 is 10.6 Å². The highest BCUT2D eigenvalue weighted by atomic mass is 35.5. The predicted octanol–water partition coefficient (Wildman–Crippen LogP) is 4.60. The number of benzene rings is 2. The molecule has 0 spiro atoms. The largest absolute Gasteiger partial charge is 0.478 e. The van der Waals surface area contributed by atoms with Gasteiger partial charge in [0.1, 0.15) is 12.4 Å². The van der Waals surface area contributed by atoms with Crippen molar-refractivity contribution in [1.29, 1.82) is 0 Å². The van der Waals surface area contributed by atoms with Gasteiger partial charge in [0.25, 0.3) is 0 Å². The standard InChI is InChI=1S/C34H40ClN7O5/c35-25-9-12-30(42-21-37-39-40-42)24(18-25)8-13-31(43)41-20-28(47-27-14-16-36-17-15-27)19-29(22-4-2-1-3-5-22)32(41)33(44)38-26-10-6-23(7-11-26)34(45)46/h6-13,18,21-22,27-29,32,36H,1-5,14-17,19-20H2,(H,38,44)(H,45,46)/b13-8+/t28-,29?,32-/m0/s1. The van der Waals surface area contributed by atoms with Gasteiger partial charge in [-0.3, -0.25) is 9.59 Å². The maximum Gasteiger partial charge on any atom is 0.335 e. The lowest BCUT2D eigenvalue weighted by Gasteiger charge is -2.47. The van der Waals surface area contributed by atoms with Crippen LogP contribution in [0.2, 0.25) is 5.02 Å². The van der Waals surface area contributed by atoms with Gasteiger partial charge in [-0.1, -0.05) is 43.7 Å². The molecule has 3 N–H and O–H groups in total. The maximum atomic E-state index is 14.3. The zero-order valence-corrected chi connectivity index (χ0v) is 26.9. The van der Waals surface area contributed by atoms with Gasteiger partial charge in [0.2, 0.25) is 11.8 Å². The Morgan fingerprint density at radius 1 is 1.00 bits per heavy atom. The Morgan fingerprint density at radius 2 is 1.77 bits per heavy atom. The Labute approximate surface area is 278 Å². The van der Waals surface area contributed by atoms with Crippen molar-refractivity contribution >= 4 is 41.1 Å². The van der Waals surface area contributed by atoms with E-state index in [4.69, 9.17) is 16.3 Å². The average Bonchev–Trinajstić information content (AvgIpc) is 3.63. The fourth-order valence-electron chi connectivity index (χ4n) is 7.26. The van der Waals surface area contributed by atoms with Crippen LogP contribution in [0.4, 0.5) is 5.69 Å². The van der Waals surface area contributed by atoms with Crippen molar-refractivity contribution in [3.63, 3.8) is 0 Å². The van der Waals surface area contributed by atoms with E-state index in [1.54, 1.807) is 41.3 Å². The van der Waals surface area contributed by atoms with Gasteiger partial charge in [-0.15, -0.1) is 5.10 Å². The molecule has 3 heterocycles. The number of nitrogens with one attached hydrogen (secondary N) is 2. The number of hydrogen-bond acceptors (Lipinski definition) is 8. The fraction of sp³-hybridized carbons (Fsp3) is 0.471. The number of carbonyl (C=O) groups is 3. The van der Waals surface area contributed by atoms with Crippen LogP contribution in [0.25, 0.3) is 11.8 Å². The SMILES string of the molecule is O=C(O)c1ccc(NC(=O)[C@@H]2C(C3CCCCC3)C[C@H](OC3CCNCC3)CN2C(=O)/C=C/c2cc(Cl)ccc2-n2cnnn2)cc1. The molecule has 47 heavy (non-hydrogen) atoms. The molecule has 1 saturated carbocycles. The molecule has 1 aromatic heterocycles. The number of aromatic carboxylic acids is 1. The van der Waals surface area contributed by atoms with Crippen LogP contribution in [-0.4, -0.2) is 85.9 Å². The van der Waals surface area contributed by atoms with Crippen LogP contribution in [-0.2, 0) is 14.3 Å². The quantitative estimate of drug-likeness (QED) is 0.280. The van der Waals surface area contributed by atoms with E-state index in [1.165, 1.54) is 35.6 Å². The first-order valence-electron chi connectivity index (χ1n) is 16.4. The summed E-state index contributed by atoms with van der Waals surface area (Å²) in [7, 11) is 0. The summed E-state index contributed by atoms with van der Waals surface area (Å²) in [6.45, 7) is 2.06. The highest BCUT2D eigenvalue weighted by Crippen LogP contribution is 2.40. The van der Waals surface area contributed by atoms with Crippen molar-refractivity contribution in [2.75, 3.05) is 25.0 Å². The van der Waals surface area contributed by atoms with Gasteiger partial charge < -0.3 is 25.4 Å². The van der Waals surface area contributed by atoms with E-state index in [-0.39, 0.29) is 48.0 Å². The Hall–Kier alpha value is -4.13. The lowest BCUT2D eigenvalue weighted by atomic mass is 9.71. The predicted molar refractivity (Wildman–Crippen MR) is 176 cm³/mol. The van der Waals surface area contributed by atoms with Crippen molar-refractivity contribution in [1.82, 2.24) is 30.4 Å². The number of carboxylic acid groups (broad SMARTS) is 1. The molecule has 2 aliphatic heterocycles. The van der Waals surface area contributed by atoms with Gasteiger partial charge in [-0.2, -0.15) is 4.68 Å². The number of ether oxygens (including phenoxy) is 1. The monoisotopic (exact) mass is 661 g/mol. The highest BCUT2D eigenvalue weighted by Gasteiger charge is 2.46. The average molecular weight is 662 g/mol. The third-order valence-corrected chi connectivity index (χ3v) is 9.78. The molecule has 2 aromatic carbocycles. The third kappa shape index (κ3) is 8.06. The molecule has 2 saturated heterocycles. The second-order valence-corrected chi connectivity index (χ2v) is 13.0. The van der Waals surface area contributed by atoms with Gasteiger partial charge >= 0.3 is 5.97 Å². The Morgan fingerprint density at radius 3 is 2.47 bits per heavy atom. The zero-order chi connectivity index (χ0) is 32.8. The molecule has 1 unspecified atom stereocenters. The molecule has 0 radical (unpaired) electrons. The second kappa shape index (κ2) is 15.2. The van der Waals surface area contributed by atoms with Crippen molar-refractivity contribution in [2.45, 2.75) is 69.6 Å². The molecule has 2 amide bonds. The lowest BCUT2D eigenvalue weighted by Crippen LogP contribution is -2.60. The first-order chi connectivity index (χ1) is 22.9. The minimum absolute atomic E-state index is 0.101. The normalized spacial score (nSPS) is 22.7. The molecular formula is C34H40ClN7O5. The minimum Gasteiger partial charge on any atom is -0.478 e. The molecule has 3 atom stereocenters. The number of piperidine rings is 2. The molecule has 3 fully saturated rings. The van der Waals surface area contributed by atoms with Crippen LogP contribution in [0.1, 0.15) is 67.3 Å². The first kappa shape index (κ1) is 32.8. The van der Waals surface area contributed by atoms with Crippen molar-refractivity contribution in [3.05, 3.63) is 71.0 Å². The smallest absolute Gasteiger partial charge is 0.335 e. The Kier molecular flexibility index (Phi) is 10.6. The molecule has 0 bridgehead atoms. The number of carboxylic acids is 1. The summed E-state index contributed by atoms with van der Waals surface area (Å²) in [4.78, 5) is 41.6. The van der Waals surface area contributed by atoms with E-state index in [9.17, 15) is 19.5 Å². The van der Waals surface area contributed by atoms with Gasteiger partial charge in [0.15, 0.2) is 0 Å². The van der Waals surface area contributed by atoms with Crippen molar-refractivity contribution in [3.8, 4) is 5.69 Å². The van der Waals surface area contributed by atoms with Gasteiger partial charge in [-0.25, -0.2) is 4.79 Å². The zero-order valence-electron chi connectivity index (χ0n) is 26.1. The van der Waals surface area contributed by atoms with Crippen LogP contribution in [0.15, 0.2) is 54.9 Å². The van der Waals surface area contributed by atoms with Crippen molar-refractivity contribution in [2.24, 2.45) is 11.8 Å². The molecule has 3 aromatic rings. The summed E-state index contributed by atoms with van der Waals surface area (Å²) in [5.41, 5.74) is 1.89. The molecule has 248 valence electrons. The van der Waals surface area contributed by atoms with E-state index in [0.29, 0.717) is 28.4 Å². The summed E-state index contributed by atoms with van der Waals surface area (Å²) in [6, 6.07) is 10.6. The summed E-state index contributed by atoms with van der Waals surface area (Å²) >= 11 is 6.33. The number of amides is 2. The molecule has 3 aliphatic rings. The maximum absolute atomic E-state index is 14.3. The topological polar surface area (TPSA) is 152 Å². The Balaban J connectivity index is 1.32. The molecular weight excluding hydrogens is 622 g/mol. The minimum atomic E-state index is -1.04. The van der Waals surface area contributed by atoms with Gasteiger partial charge in [0, 0.05) is 28.9 Å². The van der Waals surface area contributed by atoms with Gasteiger partial charge in [0.05, 0.1) is 23.5 Å². The van der Waals surface area contributed by atoms with E-state index >= 15 is 0 Å². The second-order valence-electron chi connectivity index (χ2n) is 12.6. The van der Waals surface area contributed by atoms with Crippen LogP contribution >= 0.6 is 11.6 Å².